The summed E-state index contributed by atoms with van der Waals surface area (Å²) >= 11 is 12.0. The van der Waals surface area contributed by atoms with E-state index in [9.17, 15) is 18.8 Å². The van der Waals surface area contributed by atoms with Crippen molar-refractivity contribution in [2.24, 2.45) is 0 Å². The van der Waals surface area contributed by atoms with Crippen molar-refractivity contribution in [3.63, 3.8) is 0 Å². The minimum Gasteiger partial charge on any atom is -0.490 e. The van der Waals surface area contributed by atoms with E-state index in [4.69, 9.17) is 27.9 Å². The number of rotatable bonds is 7. The lowest BCUT2D eigenvalue weighted by Crippen LogP contribution is -2.14. The number of anilines is 1. The molecule has 2 rings (SSSR count). The number of amides is 1. The van der Waals surface area contributed by atoms with Crippen LogP contribution in [0.1, 0.15) is 12.5 Å². The summed E-state index contributed by atoms with van der Waals surface area (Å²) in [6.07, 6.45) is 1.27. The zero-order valence-electron chi connectivity index (χ0n) is 14.5. The van der Waals surface area contributed by atoms with E-state index in [0.717, 1.165) is 0 Å². The quantitative estimate of drug-likeness (QED) is 0.465. The van der Waals surface area contributed by atoms with Crippen LogP contribution in [-0.4, -0.2) is 19.1 Å². The molecule has 0 spiro atoms. The molecule has 0 heterocycles. The van der Waals surface area contributed by atoms with Gasteiger partial charge in [0.25, 0.3) is 5.91 Å². The maximum absolute atomic E-state index is 12.5. The van der Waals surface area contributed by atoms with Gasteiger partial charge in [0.05, 0.1) is 22.3 Å². The lowest BCUT2D eigenvalue weighted by Gasteiger charge is -2.12. The van der Waals surface area contributed by atoms with Crippen LogP contribution in [0, 0.1) is 11.3 Å². The third kappa shape index (κ3) is 5.59. The predicted octanol–water partition coefficient (Wildman–Crippen LogP) is 5.54. The number of nitrogens with zero attached hydrogens (tertiary/aromatic N) is 1. The Hall–Kier alpha value is -2.82. The Balaban J connectivity index is 2.31. The van der Waals surface area contributed by atoms with Crippen molar-refractivity contribution in [1.82, 2.24) is 0 Å². The van der Waals surface area contributed by atoms with Gasteiger partial charge in [-0.2, -0.15) is 14.0 Å². The average molecular weight is 427 g/mol. The summed E-state index contributed by atoms with van der Waals surface area (Å²) in [6.45, 7) is -1.12. The summed E-state index contributed by atoms with van der Waals surface area (Å²) < 4.78 is 34.6. The molecule has 0 aliphatic rings. The van der Waals surface area contributed by atoms with Crippen molar-refractivity contribution in [3.05, 3.63) is 57.6 Å². The van der Waals surface area contributed by atoms with Gasteiger partial charge in [-0.3, -0.25) is 4.79 Å². The van der Waals surface area contributed by atoms with Crippen molar-refractivity contribution in [2.45, 2.75) is 13.5 Å². The Bertz CT molecular complexity index is 923. The topological polar surface area (TPSA) is 71.3 Å². The van der Waals surface area contributed by atoms with E-state index in [1.807, 2.05) is 0 Å². The summed E-state index contributed by atoms with van der Waals surface area (Å²) in [5.41, 5.74) is 0.302. The monoisotopic (exact) mass is 426 g/mol. The van der Waals surface area contributed by atoms with E-state index >= 15 is 0 Å². The first-order valence-electron chi connectivity index (χ1n) is 7.94. The maximum atomic E-state index is 12.5. The number of hydrogen-bond donors (Lipinski definition) is 1. The number of nitriles is 1. The van der Waals surface area contributed by atoms with Crippen LogP contribution in [-0.2, 0) is 4.79 Å². The number of hydrogen-bond acceptors (Lipinski definition) is 4. The molecule has 0 aliphatic carbocycles. The van der Waals surface area contributed by atoms with Gasteiger partial charge in [0.1, 0.15) is 11.6 Å². The second kappa shape index (κ2) is 9.93. The normalized spacial score (nSPS) is 11.1. The molecule has 0 aliphatic heterocycles. The van der Waals surface area contributed by atoms with Crippen LogP contribution < -0.4 is 14.8 Å². The van der Waals surface area contributed by atoms with E-state index in [0.29, 0.717) is 5.56 Å². The lowest BCUT2D eigenvalue weighted by atomic mass is 10.1. The molecule has 5 nitrogen and oxygen atoms in total. The number of alkyl halides is 2. The zero-order valence-corrected chi connectivity index (χ0v) is 16.0. The third-order valence-electron chi connectivity index (χ3n) is 3.36. The van der Waals surface area contributed by atoms with Crippen molar-refractivity contribution in [2.75, 3.05) is 11.9 Å². The number of ether oxygens (including phenoxy) is 2. The van der Waals surface area contributed by atoms with Crippen LogP contribution in [0.4, 0.5) is 14.5 Å². The highest BCUT2D eigenvalue weighted by Gasteiger charge is 2.15. The van der Waals surface area contributed by atoms with Crippen molar-refractivity contribution < 1.29 is 23.0 Å². The maximum Gasteiger partial charge on any atom is 0.387 e. The second-order valence-electron chi connectivity index (χ2n) is 5.24. The highest BCUT2D eigenvalue weighted by atomic mass is 35.5. The third-order valence-corrected chi connectivity index (χ3v) is 3.99. The first kappa shape index (κ1) is 21.5. The Morgan fingerprint density at radius 3 is 2.50 bits per heavy atom. The largest absolute Gasteiger partial charge is 0.490 e. The van der Waals surface area contributed by atoms with E-state index in [1.54, 1.807) is 19.1 Å². The van der Waals surface area contributed by atoms with E-state index < -0.39 is 12.5 Å². The zero-order chi connectivity index (χ0) is 20.7. The van der Waals surface area contributed by atoms with Gasteiger partial charge in [0.2, 0.25) is 0 Å². The van der Waals surface area contributed by atoms with Gasteiger partial charge >= 0.3 is 6.61 Å². The molecule has 9 heteroatoms. The Morgan fingerprint density at radius 1 is 1.25 bits per heavy atom. The molecule has 0 radical (unpaired) electrons. The number of halogens is 4. The van der Waals surface area contributed by atoms with Crippen molar-refractivity contribution in [3.8, 4) is 17.6 Å². The van der Waals surface area contributed by atoms with Gasteiger partial charge in [-0.05, 0) is 42.8 Å². The smallest absolute Gasteiger partial charge is 0.387 e. The first-order valence-corrected chi connectivity index (χ1v) is 8.70. The van der Waals surface area contributed by atoms with Crippen LogP contribution in [0.15, 0.2) is 42.0 Å². The molecular formula is C19H14Cl2F2N2O3. The van der Waals surface area contributed by atoms with E-state index in [-0.39, 0.29) is 39.4 Å². The lowest BCUT2D eigenvalue weighted by molar-refractivity contribution is -0.112. The predicted molar refractivity (Wildman–Crippen MR) is 103 cm³/mol. The fourth-order valence-electron chi connectivity index (χ4n) is 2.19. The van der Waals surface area contributed by atoms with Crippen LogP contribution in [0.5, 0.6) is 11.5 Å². The molecule has 28 heavy (non-hydrogen) atoms. The molecule has 0 saturated heterocycles. The Labute approximate surface area is 170 Å². The molecule has 0 aromatic heterocycles. The summed E-state index contributed by atoms with van der Waals surface area (Å²) in [6, 6.07) is 10.5. The minimum atomic E-state index is -3.01. The number of para-hydroxylation sites is 1. The SMILES string of the molecule is CCOc1cc(/C=C(\C#N)C(=O)Nc2c(Cl)cccc2Cl)ccc1OC(F)F. The van der Waals surface area contributed by atoms with Gasteiger partial charge in [-0.15, -0.1) is 0 Å². The Morgan fingerprint density at radius 2 is 1.93 bits per heavy atom. The minimum absolute atomic E-state index is 0.0587. The van der Waals surface area contributed by atoms with Gasteiger partial charge in [-0.1, -0.05) is 35.3 Å². The molecule has 1 amide bonds. The number of carbonyl (C=O) groups is 1. The molecular weight excluding hydrogens is 413 g/mol. The van der Waals surface area contributed by atoms with Crippen LogP contribution in [0.25, 0.3) is 6.08 Å². The van der Waals surface area contributed by atoms with Gasteiger partial charge < -0.3 is 14.8 Å². The first-order chi connectivity index (χ1) is 13.3. The Kier molecular flexibility index (Phi) is 7.61. The fraction of sp³-hybridized carbons (Fsp3) is 0.158. The van der Waals surface area contributed by atoms with Crippen LogP contribution in [0.2, 0.25) is 10.0 Å². The number of benzene rings is 2. The highest BCUT2D eigenvalue weighted by molar-refractivity contribution is 6.40. The highest BCUT2D eigenvalue weighted by Crippen LogP contribution is 2.32. The van der Waals surface area contributed by atoms with Crippen LogP contribution >= 0.6 is 23.2 Å². The molecule has 2 aromatic carbocycles. The average Bonchev–Trinajstić information content (AvgIpc) is 2.64. The molecule has 0 fully saturated rings. The molecule has 2 aromatic rings. The summed E-state index contributed by atoms with van der Waals surface area (Å²) in [5, 5.41) is 12.2. The second-order valence-corrected chi connectivity index (χ2v) is 6.05. The van der Waals surface area contributed by atoms with E-state index in [2.05, 4.69) is 10.1 Å². The van der Waals surface area contributed by atoms with Gasteiger partial charge in [0, 0.05) is 0 Å². The molecule has 0 saturated carbocycles. The molecule has 1 N–H and O–H groups in total. The van der Waals surface area contributed by atoms with E-state index in [1.165, 1.54) is 36.4 Å². The summed E-state index contributed by atoms with van der Waals surface area (Å²) in [5.74, 6) is -0.827. The van der Waals surface area contributed by atoms with Crippen molar-refractivity contribution >= 4 is 40.9 Å². The molecule has 0 bridgehead atoms. The van der Waals surface area contributed by atoms with Gasteiger partial charge in [0.15, 0.2) is 11.5 Å². The summed E-state index contributed by atoms with van der Waals surface area (Å²) in [4.78, 5) is 12.4. The number of carbonyl (C=O) groups excluding carboxylic acids is 1. The van der Waals surface area contributed by atoms with Crippen molar-refractivity contribution in [1.29, 1.82) is 5.26 Å². The standard InChI is InChI=1S/C19H14Cl2F2N2O3/c1-2-27-16-9-11(6-7-15(16)28-19(22)23)8-12(10-24)18(26)25-17-13(20)4-3-5-14(17)21/h3-9,19H,2H2,1H3,(H,25,26)/b12-8+. The number of nitrogens with one attached hydrogen (secondary N) is 1. The molecule has 146 valence electrons. The molecule has 0 unspecified atom stereocenters. The summed E-state index contributed by atoms with van der Waals surface area (Å²) in [7, 11) is 0. The van der Waals surface area contributed by atoms with Crippen LogP contribution in [0.3, 0.4) is 0 Å². The fourth-order valence-corrected chi connectivity index (χ4v) is 2.68. The van der Waals surface area contributed by atoms with Gasteiger partial charge in [-0.25, -0.2) is 0 Å². The molecule has 0 atom stereocenters.